The molecule has 0 spiro atoms. The number of nitrogens with zero attached hydrogens (tertiary/aromatic N) is 2. The lowest BCUT2D eigenvalue weighted by molar-refractivity contribution is -0.141. The van der Waals surface area contributed by atoms with Crippen LogP contribution in [0.2, 0.25) is 0 Å². The second kappa shape index (κ2) is 6.92. The molecule has 1 aromatic heterocycles. The second-order valence-electron chi connectivity index (χ2n) is 5.16. The Bertz CT molecular complexity index is 554. The molecule has 1 heterocycles. The van der Waals surface area contributed by atoms with Gasteiger partial charge >= 0.3 is 11.7 Å². The maximum absolute atomic E-state index is 12.1. The van der Waals surface area contributed by atoms with Crippen LogP contribution in [0.4, 0.5) is 0 Å². The minimum absolute atomic E-state index is 0.0458. The van der Waals surface area contributed by atoms with Crippen molar-refractivity contribution in [1.82, 2.24) is 9.55 Å². The number of hydrogen-bond donors (Lipinski definition) is 1. The largest absolute Gasteiger partial charge is 0.481 e. The Hall–Kier alpha value is -1.30. The number of aromatic nitrogens is 2. The fourth-order valence-electron chi connectivity index (χ4n) is 2.34. The fourth-order valence-corrected chi connectivity index (χ4v) is 2.97. The van der Waals surface area contributed by atoms with Gasteiger partial charge in [0.2, 0.25) is 0 Å². The van der Waals surface area contributed by atoms with Gasteiger partial charge in [0.05, 0.1) is 5.92 Å². The van der Waals surface area contributed by atoms with E-state index >= 15 is 0 Å². The summed E-state index contributed by atoms with van der Waals surface area (Å²) in [7, 11) is 0. The Kier molecular flexibility index (Phi) is 5.80. The van der Waals surface area contributed by atoms with Gasteiger partial charge in [-0.2, -0.15) is 16.7 Å². The Morgan fingerprint density at radius 1 is 1.40 bits per heavy atom. The molecule has 1 aromatic rings. The van der Waals surface area contributed by atoms with Crippen LogP contribution in [0.3, 0.4) is 0 Å². The SMILES string of the molecule is CSCC(C)n1c(C)c(CC(C)C(=O)O)c(C)nc1=O. The number of carbonyl (C=O) groups is 1. The molecule has 5 nitrogen and oxygen atoms in total. The van der Waals surface area contributed by atoms with Crippen molar-refractivity contribution < 1.29 is 9.90 Å². The van der Waals surface area contributed by atoms with E-state index in [1.54, 1.807) is 30.2 Å². The van der Waals surface area contributed by atoms with Crippen molar-refractivity contribution in [2.24, 2.45) is 5.92 Å². The number of aliphatic carboxylic acids is 1. The van der Waals surface area contributed by atoms with Crippen molar-refractivity contribution >= 4 is 17.7 Å². The molecule has 0 bridgehead atoms. The number of thioether (sulfide) groups is 1. The zero-order valence-electron chi connectivity index (χ0n) is 12.6. The van der Waals surface area contributed by atoms with Crippen molar-refractivity contribution in [2.45, 2.75) is 40.2 Å². The molecule has 0 saturated carbocycles. The molecular weight excluding hydrogens is 276 g/mol. The summed E-state index contributed by atoms with van der Waals surface area (Å²) in [6, 6.07) is 0.0458. The lowest BCUT2D eigenvalue weighted by Gasteiger charge is -2.21. The van der Waals surface area contributed by atoms with E-state index in [-0.39, 0.29) is 11.7 Å². The fraction of sp³-hybridized carbons (Fsp3) is 0.643. The first kappa shape index (κ1) is 16.8. The third kappa shape index (κ3) is 3.62. The highest BCUT2D eigenvalue weighted by Crippen LogP contribution is 2.19. The zero-order chi connectivity index (χ0) is 15.4. The van der Waals surface area contributed by atoms with Crippen molar-refractivity contribution in [2.75, 3.05) is 12.0 Å². The van der Waals surface area contributed by atoms with Crippen LogP contribution in [-0.4, -0.2) is 32.6 Å². The van der Waals surface area contributed by atoms with E-state index in [2.05, 4.69) is 4.98 Å². The first-order valence-corrected chi connectivity index (χ1v) is 7.99. The molecule has 0 saturated heterocycles. The predicted molar refractivity (Wildman–Crippen MR) is 81.6 cm³/mol. The van der Waals surface area contributed by atoms with Crippen molar-refractivity contribution in [3.05, 3.63) is 27.4 Å². The number of carboxylic acids is 1. The predicted octanol–water partition coefficient (Wildman–Crippen LogP) is 2.05. The normalized spacial score (nSPS) is 14.1. The van der Waals surface area contributed by atoms with Gasteiger partial charge in [0.25, 0.3) is 0 Å². The summed E-state index contributed by atoms with van der Waals surface area (Å²) in [5.41, 5.74) is 2.08. The average Bonchev–Trinajstić information content (AvgIpc) is 2.33. The van der Waals surface area contributed by atoms with Crippen LogP contribution in [0.25, 0.3) is 0 Å². The first-order valence-electron chi connectivity index (χ1n) is 6.59. The van der Waals surface area contributed by atoms with E-state index in [0.29, 0.717) is 12.1 Å². The molecule has 20 heavy (non-hydrogen) atoms. The molecule has 0 fully saturated rings. The number of carboxylic acid groups (broad SMARTS) is 1. The topological polar surface area (TPSA) is 72.2 Å². The molecule has 0 amide bonds. The van der Waals surface area contributed by atoms with Crippen LogP contribution in [0.5, 0.6) is 0 Å². The van der Waals surface area contributed by atoms with E-state index in [9.17, 15) is 9.59 Å². The molecular formula is C14H22N2O3S. The Balaban J connectivity index is 3.29. The summed E-state index contributed by atoms with van der Waals surface area (Å²) >= 11 is 1.67. The van der Waals surface area contributed by atoms with Crippen molar-refractivity contribution in [1.29, 1.82) is 0 Å². The van der Waals surface area contributed by atoms with E-state index < -0.39 is 11.9 Å². The first-order chi connectivity index (χ1) is 9.29. The van der Waals surface area contributed by atoms with Gasteiger partial charge < -0.3 is 5.11 Å². The number of rotatable bonds is 6. The maximum Gasteiger partial charge on any atom is 0.348 e. The summed E-state index contributed by atoms with van der Waals surface area (Å²) in [5.74, 6) is -0.505. The molecule has 2 unspecified atom stereocenters. The third-order valence-corrected chi connectivity index (χ3v) is 4.30. The molecule has 0 radical (unpaired) electrons. The highest BCUT2D eigenvalue weighted by atomic mass is 32.2. The monoisotopic (exact) mass is 298 g/mol. The second-order valence-corrected chi connectivity index (χ2v) is 6.07. The third-order valence-electron chi connectivity index (χ3n) is 3.48. The van der Waals surface area contributed by atoms with Gasteiger partial charge in [0.15, 0.2) is 0 Å². The van der Waals surface area contributed by atoms with Crippen LogP contribution in [0, 0.1) is 19.8 Å². The minimum Gasteiger partial charge on any atom is -0.481 e. The van der Waals surface area contributed by atoms with Crippen LogP contribution in [0.15, 0.2) is 4.79 Å². The minimum atomic E-state index is -0.835. The summed E-state index contributed by atoms with van der Waals surface area (Å²) in [6.07, 6.45) is 2.39. The van der Waals surface area contributed by atoms with Crippen LogP contribution < -0.4 is 5.69 Å². The highest BCUT2D eigenvalue weighted by molar-refractivity contribution is 7.98. The summed E-state index contributed by atoms with van der Waals surface area (Å²) < 4.78 is 1.67. The molecule has 0 aliphatic carbocycles. The lowest BCUT2D eigenvalue weighted by Crippen LogP contribution is -2.31. The van der Waals surface area contributed by atoms with Gasteiger partial charge in [-0.1, -0.05) is 6.92 Å². The summed E-state index contributed by atoms with van der Waals surface area (Å²) in [6.45, 7) is 7.28. The number of aryl methyl sites for hydroxylation is 1. The van der Waals surface area contributed by atoms with Crippen LogP contribution in [-0.2, 0) is 11.2 Å². The van der Waals surface area contributed by atoms with Crippen molar-refractivity contribution in [3.63, 3.8) is 0 Å². The molecule has 1 rings (SSSR count). The van der Waals surface area contributed by atoms with Crippen LogP contribution in [0.1, 0.15) is 36.8 Å². The van der Waals surface area contributed by atoms with Crippen molar-refractivity contribution in [3.8, 4) is 0 Å². The molecule has 0 aliphatic rings. The summed E-state index contributed by atoms with van der Waals surface area (Å²) in [5, 5.41) is 9.05. The maximum atomic E-state index is 12.1. The molecule has 0 aliphatic heterocycles. The Morgan fingerprint density at radius 2 is 2.00 bits per heavy atom. The average molecular weight is 298 g/mol. The van der Waals surface area contributed by atoms with Gasteiger partial charge in [-0.15, -0.1) is 0 Å². The molecule has 2 atom stereocenters. The Labute approximate surface area is 123 Å². The molecule has 0 aromatic carbocycles. The van der Waals surface area contributed by atoms with Crippen LogP contribution >= 0.6 is 11.8 Å². The van der Waals surface area contributed by atoms with Gasteiger partial charge in [-0.05, 0) is 39.0 Å². The molecule has 1 N–H and O–H groups in total. The molecule has 112 valence electrons. The Morgan fingerprint density at radius 3 is 2.50 bits per heavy atom. The quantitative estimate of drug-likeness (QED) is 0.870. The van der Waals surface area contributed by atoms with E-state index in [0.717, 1.165) is 17.0 Å². The summed E-state index contributed by atoms with van der Waals surface area (Å²) in [4.78, 5) is 27.2. The standard InChI is InChI=1S/C14H22N2O3S/c1-8(13(17)18)6-12-10(3)15-14(19)16(11(12)4)9(2)7-20-5/h8-9H,6-7H2,1-5H3,(H,17,18). The van der Waals surface area contributed by atoms with Gasteiger partial charge in [-0.25, -0.2) is 4.79 Å². The van der Waals surface area contributed by atoms with Gasteiger partial charge in [-0.3, -0.25) is 9.36 Å². The number of hydrogen-bond acceptors (Lipinski definition) is 4. The van der Waals surface area contributed by atoms with E-state index in [1.807, 2.05) is 20.1 Å². The zero-order valence-corrected chi connectivity index (χ0v) is 13.5. The van der Waals surface area contributed by atoms with Gasteiger partial charge in [0, 0.05) is 23.2 Å². The van der Waals surface area contributed by atoms with E-state index in [1.165, 1.54) is 0 Å². The molecule has 6 heteroatoms. The van der Waals surface area contributed by atoms with Gasteiger partial charge in [0.1, 0.15) is 0 Å². The smallest absolute Gasteiger partial charge is 0.348 e. The highest BCUT2D eigenvalue weighted by Gasteiger charge is 2.19. The lowest BCUT2D eigenvalue weighted by atomic mass is 9.98. The van der Waals surface area contributed by atoms with E-state index in [4.69, 9.17) is 5.11 Å².